The number of ether oxygens (including phenoxy) is 1. The van der Waals surface area contributed by atoms with Gasteiger partial charge in [-0.3, -0.25) is 9.09 Å². The minimum Gasteiger partial charge on any atom is -0.371 e. The molecule has 3 rings (SSSR count). The van der Waals surface area contributed by atoms with E-state index in [1.165, 1.54) is 12.7 Å². The van der Waals surface area contributed by atoms with Crippen LogP contribution in [0.15, 0.2) is 12.7 Å². The van der Waals surface area contributed by atoms with E-state index >= 15 is 0 Å². The van der Waals surface area contributed by atoms with Gasteiger partial charge in [0.25, 0.3) is 0 Å². The molecule has 0 bridgehead atoms. The molecule has 1 aliphatic heterocycles. The summed E-state index contributed by atoms with van der Waals surface area (Å²) in [6.07, 6.45) is 1.82. The van der Waals surface area contributed by atoms with E-state index in [1.54, 1.807) is 18.7 Å². The van der Waals surface area contributed by atoms with Crippen LogP contribution in [-0.4, -0.2) is 71.9 Å². The maximum Gasteiger partial charge on any atom is 0.490 e. The second-order valence-corrected chi connectivity index (χ2v) is 10.9. The van der Waals surface area contributed by atoms with Crippen LogP contribution in [0.5, 0.6) is 0 Å². The van der Waals surface area contributed by atoms with Crippen molar-refractivity contribution in [2.75, 3.05) is 26.0 Å². The molecule has 32 heavy (non-hydrogen) atoms. The summed E-state index contributed by atoms with van der Waals surface area (Å²) in [7, 11) is -13.0. The summed E-state index contributed by atoms with van der Waals surface area (Å²) in [6.45, 7) is -0.574. The molecule has 3 heterocycles. The summed E-state index contributed by atoms with van der Waals surface area (Å²) in [5.41, 5.74) is 0.995. The molecule has 0 saturated carbocycles. The highest BCUT2D eigenvalue weighted by Crippen LogP contribution is 2.66. The number of phosphoric acid groups is 3. The largest absolute Gasteiger partial charge is 0.490 e. The fourth-order valence-corrected chi connectivity index (χ4v) is 6.11. The standard InChI is InChI=1S/C12H21N6O11P3/c1-13-7-3-9(18-6-17-10-11(14-2)15-5-16-12(10)18)27-8(7)4-26-31(22,23)29-32(24,25)28-30(19,20)21/h5-9,13H,3-4H2,1-2H3,(H,22,23)(H,24,25)(H,14,15,16)(H2,19,20,21). The van der Waals surface area contributed by atoms with Crippen LogP contribution in [0.4, 0.5) is 5.82 Å². The van der Waals surface area contributed by atoms with Gasteiger partial charge < -0.3 is 34.9 Å². The first-order valence-corrected chi connectivity index (χ1v) is 13.3. The summed E-state index contributed by atoms with van der Waals surface area (Å²) < 4.78 is 53.7. The normalized spacial score (nSPS) is 25.5. The maximum atomic E-state index is 12.0. The number of likely N-dealkylation sites (N-methyl/N-ethyl adjacent to an activating group) is 1. The maximum absolute atomic E-state index is 12.0. The number of aromatic nitrogens is 4. The molecule has 5 atom stereocenters. The van der Waals surface area contributed by atoms with Crippen molar-refractivity contribution in [3.05, 3.63) is 12.7 Å². The highest BCUT2D eigenvalue weighted by atomic mass is 31.3. The Bertz CT molecular complexity index is 1110. The SMILES string of the molecule is CNc1ncnc2c1ncn2C1CC(NC)C(COP(=O)(O)OP(=O)(O)OP(=O)(O)O)O1. The average Bonchev–Trinajstić information content (AvgIpc) is 3.26. The van der Waals surface area contributed by atoms with E-state index in [-0.39, 0.29) is 6.04 Å². The quantitative estimate of drug-likeness (QED) is 0.228. The number of hydrogen-bond donors (Lipinski definition) is 6. The van der Waals surface area contributed by atoms with Crippen molar-refractivity contribution in [2.24, 2.45) is 0 Å². The van der Waals surface area contributed by atoms with E-state index in [4.69, 9.17) is 14.5 Å². The molecule has 17 nitrogen and oxygen atoms in total. The number of imidazole rings is 1. The third-order valence-corrected chi connectivity index (χ3v) is 8.13. The fraction of sp³-hybridized carbons (Fsp3) is 0.583. The zero-order valence-corrected chi connectivity index (χ0v) is 19.3. The Labute approximate surface area is 180 Å². The lowest BCUT2D eigenvalue weighted by Crippen LogP contribution is -2.36. The van der Waals surface area contributed by atoms with Crippen LogP contribution < -0.4 is 10.6 Å². The number of phosphoric ester groups is 1. The number of nitrogens with zero attached hydrogens (tertiary/aromatic N) is 4. The lowest BCUT2D eigenvalue weighted by atomic mass is 10.1. The molecule has 0 aromatic carbocycles. The Kier molecular flexibility index (Phi) is 7.52. The van der Waals surface area contributed by atoms with Crippen molar-refractivity contribution in [1.82, 2.24) is 24.8 Å². The molecule has 2 aromatic heterocycles. The molecular formula is C12H21N6O11P3. The van der Waals surface area contributed by atoms with Gasteiger partial charge in [-0.25, -0.2) is 28.6 Å². The fourth-order valence-electron chi connectivity index (χ4n) is 3.08. The predicted octanol–water partition coefficient (Wildman–Crippen LogP) is 0.0868. The van der Waals surface area contributed by atoms with E-state index in [9.17, 15) is 23.5 Å². The molecule has 5 unspecified atom stereocenters. The van der Waals surface area contributed by atoms with Crippen molar-refractivity contribution in [2.45, 2.75) is 24.8 Å². The molecule has 1 aliphatic rings. The summed E-state index contributed by atoms with van der Waals surface area (Å²) in [5, 5.41) is 5.86. The molecule has 6 N–H and O–H groups in total. The van der Waals surface area contributed by atoms with Gasteiger partial charge in [-0.15, -0.1) is 0 Å². The molecule has 0 aliphatic carbocycles. The molecule has 0 amide bonds. The van der Waals surface area contributed by atoms with E-state index in [1.807, 2.05) is 0 Å². The van der Waals surface area contributed by atoms with Gasteiger partial charge in [0.05, 0.1) is 19.0 Å². The Hall–Kier alpha value is -1.32. The van der Waals surface area contributed by atoms with Crippen LogP contribution in [0, 0.1) is 0 Å². The van der Waals surface area contributed by atoms with Gasteiger partial charge in [0.2, 0.25) is 0 Å². The van der Waals surface area contributed by atoms with Crippen molar-refractivity contribution in [3.63, 3.8) is 0 Å². The van der Waals surface area contributed by atoms with Crippen LogP contribution in [-0.2, 0) is 31.6 Å². The van der Waals surface area contributed by atoms with Crippen LogP contribution in [0.2, 0.25) is 0 Å². The average molecular weight is 518 g/mol. The van der Waals surface area contributed by atoms with Gasteiger partial charge >= 0.3 is 23.5 Å². The van der Waals surface area contributed by atoms with E-state index < -0.39 is 42.4 Å². The molecule has 2 aromatic rings. The Morgan fingerprint density at radius 1 is 1.12 bits per heavy atom. The third-order valence-electron chi connectivity index (χ3n) is 4.33. The first-order valence-electron chi connectivity index (χ1n) is 8.80. The zero-order chi connectivity index (χ0) is 23.7. The van der Waals surface area contributed by atoms with Crippen LogP contribution in [0.3, 0.4) is 0 Å². The van der Waals surface area contributed by atoms with Gasteiger partial charge in [0, 0.05) is 19.5 Å². The molecule has 180 valence electrons. The number of nitrogens with one attached hydrogen (secondary N) is 2. The minimum absolute atomic E-state index is 0.379. The lowest BCUT2D eigenvalue weighted by Gasteiger charge is -2.20. The second kappa shape index (κ2) is 9.50. The van der Waals surface area contributed by atoms with E-state index in [2.05, 4.69) is 38.7 Å². The number of fused-ring (bicyclic) bond motifs is 1. The summed E-state index contributed by atoms with van der Waals surface area (Å²) in [5.74, 6) is 0.515. The Morgan fingerprint density at radius 2 is 1.84 bits per heavy atom. The zero-order valence-electron chi connectivity index (χ0n) is 16.6. The highest BCUT2D eigenvalue weighted by molar-refractivity contribution is 7.66. The molecule has 1 fully saturated rings. The Morgan fingerprint density at radius 3 is 2.47 bits per heavy atom. The minimum atomic E-state index is -5.60. The van der Waals surface area contributed by atoms with Crippen molar-refractivity contribution in [3.8, 4) is 0 Å². The van der Waals surface area contributed by atoms with E-state index in [0.717, 1.165) is 0 Å². The van der Waals surface area contributed by atoms with Crippen LogP contribution in [0.25, 0.3) is 11.2 Å². The molecule has 0 spiro atoms. The molecule has 0 radical (unpaired) electrons. The van der Waals surface area contributed by atoms with Crippen LogP contribution in [0.1, 0.15) is 12.6 Å². The monoisotopic (exact) mass is 518 g/mol. The third kappa shape index (κ3) is 6.17. The van der Waals surface area contributed by atoms with Crippen LogP contribution >= 0.6 is 23.5 Å². The van der Waals surface area contributed by atoms with Gasteiger partial charge in [-0.05, 0) is 7.05 Å². The molecule has 1 saturated heterocycles. The highest BCUT2D eigenvalue weighted by Gasteiger charge is 2.43. The summed E-state index contributed by atoms with van der Waals surface area (Å²) in [4.78, 5) is 48.5. The van der Waals surface area contributed by atoms with Gasteiger partial charge in [-0.1, -0.05) is 0 Å². The summed E-state index contributed by atoms with van der Waals surface area (Å²) >= 11 is 0. The van der Waals surface area contributed by atoms with Gasteiger partial charge in [0.15, 0.2) is 11.5 Å². The molecular weight excluding hydrogens is 497 g/mol. The Balaban J connectivity index is 1.69. The summed E-state index contributed by atoms with van der Waals surface area (Å²) in [6, 6.07) is -0.379. The molecule has 20 heteroatoms. The van der Waals surface area contributed by atoms with Gasteiger partial charge in [0.1, 0.15) is 18.1 Å². The van der Waals surface area contributed by atoms with Crippen molar-refractivity contribution >= 4 is 40.4 Å². The topological polar surface area (TPSA) is 237 Å². The lowest BCUT2D eigenvalue weighted by molar-refractivity contribution is -0.0246. The number of anilines is 1. The number of hydrogen-bond acceptors (Lipinski definition) is 12. The van der Waals surface area contributed by atoms with E-state index in [0.29, 0.717) is 23.4 Å². The van der Waals surface area contributed by atoms with Crippen molar-refractivity contribution in [1.29, 1.82) is 0 Å². The first kappa shape index (κ1) is 25.3. The van der Waals surface area contributed by atoms with Crippen molar-refractivity contribution < 1.29 is 51.2 Å². The second-order valence-electron chi connectivity index (χ2n) is 6.44. The number of rotatable bonds is 10. The predicted molar refractivity (Wildman–Crippen MR) is 106 cm³/mol. The first-order chi connectivity index (χ1) is 14.8. The smallest absolute Gasteiger partial charge is 0.371 e. The van der Waals surface area contributed by atoms with Gasteiger partial charge in [-0.2, -0.15) is 8.62 Å².